The van der Waals surface area contributed by atoms with Crippen molar-refractivity contribution in [3.63, 3.8) is 0 Å². The van der Waals surface area contributed by atoms with Crippen LogP contribution in [0.25, 0.3) is 0 Å². The second-order valence-electron chi connectivity index (χ2n) is 6.40. The molecule has 136 valence electrons. The fourth-order valence-electron chi connectivity index (χ4n) is 3.77. The van der Waals surface area contributed by atoms with Crippen LogP contribution in [0.4, 0.5) is 0 Å². The molecule has 3 aromatic rings. The zero-order chi connectivity index (χ0) is 19.2. The quantitative estimate of drug-likeness (QED) is 0.553. The van der Waals surface area contributed by atoms with Crippen LogP contribution in [0, 0.1) is 6.92 Å². The summed E-state index contributed by atoms with van der Waals surface area (Å²) in [6.07, 6.45) is 0. The van der Waals surface area contributed by atoms with Crippen LogP contribution in [0.15, 0.2) is 60.7 Å². The third-order valence-electron chi connectivity index (χ3n) is 4.85. The molecule has 1 atom stereocenters. The first-order chi connectivity index (χ1) is 13.1. The van der Waals surface area contributed by atoms with Crippen LogP contribution in [-0.2, 0) is 10.3 Å². The van der Waals surface area contributed by atoms with Crippen molar-refractivity contribution >= 4 is 5.97 Å². The summed E-state index contributed by atoms with van der Waals surface area (Å²) in [4.78, 5) is 12.6. The maximum absolute atomic E-state index is 12.6. The molecule has 0 amide bonds. The van der Waals surface area contributed by atoms with Crippen molar-refractivity contribution in [2.24, 2.45) is 0 Å². The minimum atomic E-state index is -1.06. The molecule has 3 aromatic carbocycles. The van der Waals surface area contributed by atoms with Crippen molar-refractivity contribution < 1.29 is 19.4 Å². The van der Waals surface area contributed by atoms with Gasteiger partial charge in [-0.25, -0.2) is 4.79 Å². The Labute approximate surface area is 158 Å². The molecule has 1 N–H and O–H groups in total. The molecular weight excluding hydrogens is 340 g/mol. The van der Waals surface area contributed by atoms with Gasteiger partial charge in [0.2, 0.25) is 0 Å². The molecule has 1 spiro atoms. The number of benzene rings is 3. The molecule has 1 unspecified atom stereocenters. The highest BCUT2D eigenvalue weighted by atomic mass is 16.6. The fraction of sp³-hybridized carbons (Fsp3) is 0.174. The molecule has 0 aliphatic carbocycles. The van der Waals surface area contributed by atoms with Crippen LogP contribution in [0.2, 0.25) is 0 Å². The van der Waals surface area contributed by atoms with Gasteiger partial charge in [0.05, 0.1) is 5.56 Å². The van der Waals surface area contributed by atoms with E-state index < -0.39 is 5.60 Å². The van der Waals surface area contributed by atoms with E-state index in [2.05, 4.69) is 0 Å². The molecule has 0 saturated carbocycles. The Kier molecular flexibility index (Phi) is 3.92. The molecular formula is C23H20O4. The molecule has 5 rings (SSSR count). The third-order valence-corrected chi connectivity index (χ3v) is 4.85. The predicted molar refractivity (Wildman–Crippen MR) is 102 cm³/mol. The van der Waals surface area contributed by atoms with Crippen molar-refractivity contribution in [1.82, 2.24) is 0 Å². The largest absolute Gasteiger partial charge is 0.508 e. The summed E-state index contributed by atoms with van der Waals surface area (Å²) < 4.78 is 12.0. The number of phenolic OH excluding ortho intramolecular Hbond substituents is 1. The van der Waals surface area contributed by atoms with Crippen LogP contribution < -0.4 is 4.74 Å². The number of carbonyl (C=O) groups excluding carboxylic acids is 1. The van der Waals surface area contributed by atoms with Gasteiger partial charge >= 0.3 is 5.97 Å². The second-order valence-corrected chi connectivity index (χ2v) is 6.40. The van der Waals surface area contributed by atoms with Crippen molar-refractivity contribution in [2.45, 2.75) is 26.4 Å². The van der Waals surface area contributed by atoms with Gasteiger partial charge in [-0.1, -0.05) is 44.2 Å². The highest BCUT2D eigenvalue weighted by Crippen LogP contribution is 2.56. The highest BCUT2D eigenvalue weighted by molar-refractivity contribution is 5.97. The lowest BCUT2D eigenvalue weighted by molar-refractivity contribution is 0.0224. The van der Waals surface area contributed by atoms with E-state index in [0.29, 0.717) is 22.6 Å². The van der Waals surface area contributed by atoms with Crippen LogP contribution in [0.5, 0.6) is 17.2 Å². The molecule has 0 saturated heterocycles. The molecule has 2 aliphatic heterocycles. The summed E-state index contributed by atoms with van der Waals surface area (Å²) in [6, 6.07) is 18.1. The van der Waals surface area contributed by atoms with E-state index in [4.69, 9.17) is 9.47 Å². The molecule has 2 heterocycles. The third kappa shape index (κ3) is 2.33. The molecule has 0 aromatic heterocycles. The minimum Gasteiger partial charge on any atom is -0.508 e. The van der Waals surface area contributed by atoms with E-state index in [1.807, 2.05) is 57.2 Å². The summed E-state index contributed by atoms with van der Waals surface area (Å²) in [7, 11) is 0. The lowest BCUT2D eigenvalue weighted by Crippen LogP contribution is -2.33. The standard InChI is InChI=1S/C21H14O4.C2H6/c1-12-6-8-16-18(10-12)24-19-11-13(22)7-9-17(19)21(16)15-5-3-2-4-14(15)20(23)25-21;1-2/h2-11,22H,1H3;1-2H3. The monoisotopic (exact) mass is 360 g/mol. The number of carbonyl (C=O) groups is 1. The molecule has 0 bridgehead atoms. The summed E-state index contributed by atoms with van der Waals surface area (Å²) in [5, 5.41) is 9.88. The molecule has 4 heteroatoms. The van der Waals surface area contributed by atoms with Crippen molar-refractivity contribution in [2.75, 3.05) is 0 Å². The number of aryl methyl sites for hydroxylation is 1. The van der Waals surface area contributed by atoms with Gasteiger partial charge in [0.15, 0.2) is 5.60 Å². The lowest BCUT2D eigenvalue weighted by Gasteiger charge is -2.36. The Morgan fingerprint density at radius 3 is 2.30 bits per heavy atom. The maximum atomic E-state index is 12.6. The number of hydrogen-bond donors (Lipinski definition) is 1. The van der Waals surface area contributed by atoms with Gasteiger partial charge < -0.3 is 14.6 Å². The predicted octanol–water partition coefficient (Wildman–Crippen LogP) is 5.29. The SMILES string of the molecule is CC.Cc1ccc2c(c1)Oc1cc(O)ccc1C21OC(=O)c2ccccc21. The summed E-state index contributed by atoms with van der Waals surface area (Å²) in [5.41, 5.74) is 2.82. The maximum Gasteiger partial charge on any atom is 0.340 e. The van der Waals surface area contributed by atoms with Gasteiger partial charge in [-0.2, -0.15) is 0 Å². The Morgan fingerprint density at radius 1 is 0.852 bits per heavy atom. The Hall–Kier alpha value is -3.27. The fourth-order valence-corrected chi connectivity index (χ4v) is 3.77. The minimum absolute atomic E-state index is 0.0996. The molecule has 27 heavy (non-hydrogen) atoms. The molecule has 2 aliphatic rings. The smallest absolute Gasteiger partial charge is 0.340 e. The first kappa shape index (κ1) is 17.2. The number of phenols is 1. The van der Waals surface area contributed by atoms with Crippen LogP contribution in [0.1, 0.15) is 46.5 Å². The Balaban J connectivity index is 0.000000872. The van der Waals surface area contributed by atoms with E-state index in [-0.39, 0.29) is 11.7 Å². The van der Waals surface area contributed by atoms with Gasteiger partial charge in [-0.05, 0) is 36.8 Å². The van der Waals surface area contributed by atoms with E-state index in [0.717, 1.165) is 16.7 Å². The Bertz CT molecular complexity index is 1000. The zero-order valence-corrected chi connectivity index (χ0v) is 15.4. The number of aromatic hydroxyl groups is 1. The van der Waals surface area contributed by atoms with Crippen LogP contribution in [-0.4, -0.2) is 11.1 Å². The molecule has 0 fully saturated rings. The first-order valence-corrected chi connectivity index (χ1v) is 9.05. The van der Waals surface area contributed by atoms with Gasteiger partial charge in [0.1, 0.15) is 17.2 Å². The lowest BCUT2D eigenvalue weighted by atomic mass is 9.77. The van der Waals surface area contributed by atoms with Gasteiger partial charge in [0, 0.05) is 22.8 Å². The second kappa shape index (κ2) is 6.16. The van der Waals surface area contributed by atoms with E-state index in [1.165, 1.54) is 0 Å². The first-order valence-electron chi connectivity index (χ1n) is 9.05. The normalized spacial score (nSPS) is 18.4. The van der Waals surface area contributed by atoms with Crippen LogP contribution >= 0.6 is 0 Å². The van der Waals surface area contributed by atoms with Crippen molar-refractivity contribution in [1.29, 1.82) is 0 Å². The van der Waals surface area contributed by atoms with Gasteiger partial charge in [-0.3, -0.25) is 0 Å². The van der Waals surface area contributed by atoms with Gasteiger partial charge in [-0.15, -0.1) is 0 Å². The van der Waals surface area contributed by atoms with Crippen LogP contribution in [0.3, 0.4) is 0 Å². The van der Waals surface area contributed by atoms with E-state index in [1.54, 1.807) is 24.3 Å². The van der Waals surface area contributed by atoms with Gasteiger partial charge in [0.25, 0.3) is 0 Å². The Morgan fingerprint density at radius 2 is 1.52 bits per heavy atom. The summed E-state index contributed by atoms with van der Waals surface area (Å²) >= 11 is 0. The van der Waals surface area contributed by atoms with E-state index >= 15 is 0 Å². The summed E-state index contributed by atoms with van der Waals surface area (Å²) in [5.74, 6) is 0.857. The number of ether oxygens (including phenoxy) is 2. The van der Waals surface area contributed by atoms with Crippen molar-refractivity contribution in [3.05, 3.63) is 88.5 Å². The highest BCUT2D eigenvalue weighted by Gasteiger charge is 2.53. The average Bonchev–Trinajstić information content (AvgIpc) is 2.97. The number of hydrogen-bond acceptors (Lipinski definition) is 4. The number of esters is 1. The molecule has 0 radical (unpaired) electrons. The van der Waals surface area contributed by atoms with Crippen molar-refractivity contribution in [3.8, 4) is 17.2 Å². The van der Waals surface area contributed by atoms with E-state index in [9.17, 15) is 9.90 Å². The topological polar surface area (TPSA) is 55.8 Å². The number of fused-ring (bicyclic) bond motifs is 6. The number of rotatable bonds is 0. The average molecular weight is 360 g/mol. The zero-order valence-electron chi connectivity index (χ0n) is 15.4. The molecule has 4 nitrogen and oxygen atoms in total. The summed E-state index contributed by atoms with van der Waals surface area (Å²) in [6.45, 7) is 5.98.